The van der Waals surface area contributed by atoms with Gasteiger partial charge in [0.25, 0.3) is 5.91 Å². The first-order chi connectivity index (χ1) is 15.6. The Bertz CT molecular complexity index is 1400. The summed E-state index contributed by atoms with van der Waals surface area (Å²) in [6.07, 6.45) is -3.49. The molecule has 0 atom stereocenters. The van der Waals surface area contributed by atoms with Crippen molar-refractivity contribution in [1.29, 1.82) is 0 Å². The van der Waals surface area contributed by atoms with Gasteiger partial charge in [-0.05, 0) is 43.7 Å². The minimum Gasteiger partial charge on any atom is -0.423 e. The normalized spacial score (nSPS) is 11.4. The van der Waals surface area contributed by atoms with Crippen LogP contribution in [-0.2, 0) is 6.18 Å². The third-order valence-electron chi connectivity index (χ3n) is 4.85. The summed E-state index contributed by atoms with van der Waals surface area (Å²) in [6.45, 7) is 3.16. The molecule has 2 aromatic carbocycles. The van der Waals surface area contributed by atoms with Crippen LogP contribution in [0.3, 0.4) is 0 Å². The topological polar surface area (TPSA) is 103 Å². The first kappa shape index (κ1) is 21.9. The van der Waals surface area contributed by atoms with Crippen LogP contribution < -0.4 is 10.7 Å². The Hall–Kier alpha value is -4.28. The van der Waals surface area contributed by atoms with Crippen molar-refractivity contribution in [3.8, 4) is 17.1 Å². The van der Waals surface area contributed by atoms with Crippen molar-refractivity contribution < 1.29 is 22.4 Å². The van der Waals surface area contributed by atoms with Gasteiger partial charge >= 0.3 is 6.18 Å². The summed E-state index contributed by atoms with van der Waals surface area (Å²) < 4.78 is 46.6. The highest BCUT2D eigenvalue weighted by molar-refractivity contribution is 6.03. The molecule has 0 saturated carbocycles. The van der Waals surface area contributed by atoms with Gasteiger partial charge in [-0.2, -0.15) is 18.3 Å². The highest BCUT2D eigenvalue weighted by Gasteiger charge is 2.34. The quantitative estimate of drug-likeness (QED) is 0.496. The molecule has 0 spiro atoms. The third kappa shape index (κ3) is 4.38. The van der Waals surface area contributed by atoms with E-state index in [9.17, 15) is 22.8 Å². The Morgan fingerprint density at radius 1 is 1.09 bits per heavy atom. The zero-order valence-corrected chi connectivity index (χ0v) is 17.3. The molecule has 0 fully saturated rings. The fourth-order valence-corrected chi connectivity index (χ4v) is 3.22. The number of para-hydroxylation sites is 1. The van der Waals surface area contributed by atoms with E-state index in [0.717, 1.165) is 23.2 Å². The Morgan fingerprint density at radius 2 is 1.85 bits per heavy atom. The maximum absolute atomic E-state index is 13.5. The van der Waals surface area contributed by atoms with E-state index in [-0.39, 0.29) is 17.3 Å². The highest BCUT2D eigenvalue weighted by atomic mass is 19.4. The number of alkyl halides is 3. The van der Waals surface area contributed by atoms with Crippen LogP contribution in [0, 0.1) is 13.8 Å². The van der Waals surface area contributed by atoms with Gasteiger partial charge in [-0.25, -0.2) is 4.68 Å². The molecule has 1 amide bonds. The van der Waals surface area contributed by atoms with Gasteiger partial charge in [0, 0.05) is 23.0 Å². The molecule has 1 N–H and O–H groups in total. The monoisotopic (exact) mass is 455 g/mol. The van der Waals surface area contributed by atoms with Crippen molar-refractivity contribution in [2.75, 3.05) is 5.32 Å². The van der Waals surface area contributed by atoms with E-state index in [4.69, 9.17) is 4.42 Å². The number of nitrogens with one attached hydrogen (secondary N) is 1. The van der Waals surface area contributed by atoms with Gasteiger partial charge in [0.15, 0.2) is 5.69 Å². The molecule has 11 heteroatoms. The van der Waals surface area contributed by atoms with Crippen molar-refractivity contribution in [3.05, 3.63) is 87.7 Å². The van der Waals surface area contributed by atoms with Gasteiger partial charge in [0.05, 0.1) is 11.3 Å². The molecule has 0 unspecified atom stereocenters. The van der Waals surface area contributed by atoms with Crippen LogP contribution in [0.5, 0.6) is 0 Å². The van der Waals surface area contributed by atoms with Crippen LogP contribution in [0.25, 0.3) is 17.1 Å². The molecule has 2 heterocycles. The lowest BCUT2D eigenvalue weighted by Crippen LogP contribution is -2.27. The van der Waals surface area contributed by atoms with Crippen LogP contribution in [-0.4, -0.2) is 25.9 Å². The lowest BCUT2D eigenvalue weighted by Gasteiger charge is -2.17. The zero-order valence-electron chi connectivity index (χ0n) is 17.3. The van der Waals surface area contributed by atoms with Crippen molar-refractivity contribution >= 4 is 11.6 Å². The first-order valence-corrected chi connectivity index (χ1v) is 9.61. The number of amides is 1. The van der Waals surface area contributed by atoms with Crippen LogP contribution in [0.2, 0.25) is 0 Å². The fraction of sp³-hybridized carbons (Fsp3) is 0.136. The second-order valence-electron chi connectivity index (χ2n) is 7.15. The summed E-state index contributed by atoms with van der Waals surface area (Å²) in [5.41, 5.74) is -0.841. The van der Waals surface area contributed by atoms with Crippen LogP contribution in [0.4, 0.5) is 18.9 Å². The second-order valence-corrected chi connectivity index (χ2v) is 7.15. The molecule has 0 aliphatic carbocycles. The SMILES string of the molecule is Cc1ccc(-c2nnco2)cc1NC(=O)c1nn(-c2ccccc2C(F)(F)F)c(C)cc1=O. The molecule has 0 aliphatic heterocycles. The molecule has 4 aromatic rings. The fourth-order valence-electron chi connectivity index (χ4n) is 3.22. The van der Waals surface area contributed by atoms with Crippen molar-refractivity contribution in [3.63, 3.8) is 0 Å². The smallest absolute Gasteiger partial charge is 0.418 e. The molecule has 8 nitrogen and oxygen atoms in total. The van der Waals surface area contributed by atoms with Gasteiger partial charge in [-0.1, -0.05) is 18.2 Å². The summed E-state index contributed by atoms with van der Waals surface area (Å²) in [7, 11) is 0. The second kappa shape index (κ2) is 8.34. The molecular formula is C22H16F3N5O3. The zero-order chi connectivity index (χ0) is 23.8. The average Bonchev–Trinajstić information content (AvgIpc) is 3.29. The number of hydrogen-bond donors (Lipinski definition) is 1. The maximum Gasteiger partial charge on any atom is 0.418 e. The summed E-state index contributed by atoms with van der Waals surface area (Å²) >= 11 is 0. The molecule has 4 rings (SSSR count). The number of benzene rings is 2. The Labute approximate surface area is 184 Å². The largest absolute Gasteiger partial charge is 0.423 e. The van der Waals surface area contributed by atoms with Crippen molar-refractivity contribution in [2.24, 2.45) is 0 Å². The molecule has 2 aromatic heterocycles. The van der Waals surface area contributed by atoms with Crippen LogP contribution in [0.1, 0.15) is 27.3 Å². The molecule has 0 bridgehead atoms. The Kier molecular flexibility index (Phi) is 5.54. The van der Waals surface area contributed by atoms with Gasteiger partial charge in [-0.15, -0.1) is 10.2 Å². The summed E-state index contributed by atoms with van der Waals surface area (Å²) in [5.74, 6) is -0.644. The van der Waals surface area contributed by atoms with Crippen LogP contribution in [0.15, 0.2) is 64.1 Å². The summed E-state index contributed by atoms with van der Waals surface area (Å²) in [5, 5.41) is 14.0. The van der Waals surface area contributed by atoms with Crippen molar-refractivity contribution in [2.45, 2.75) is 20.0 Å². The number of aryl methyl sites for hydroxylation is 2. The number of rotatable bonds is 4. The minimum absolute atomic E-state index is 0.142. The van der Waals surface area contributed by atoms with Crippen LogP contribution >= 0.6 is 0 Å². The number of anilines is 1. The van der Waals surface area contributed by atoms with Gasteiger partial charge < -0.3 is 9.73 Å². The summed E-state index contributed by atoms with van der Waals surface area (Å²) in [4.78, 5) is 25.4. The van der Waals surface area contributed by atoms with E-state index in [1.165, 1.54) is 25.1 Å². The van der Waals surface area contributed by atoms with E-state index >= 15 is 0 Å². The molecule has 168 valence electrons. The molecule has 0 radical (unpaired) electrons. The van der Waals surface area contributed by atoms with Crippen molar-refractivity contribution in [1.82, 2.24) is 20.0 Å². The van der Waals surface area contributed by atoms with E-state index < -0.39 is 28.8 Å². The van der Waals surface area contributed by atoms with E-state index in [1.807, 2.05) is 0 Å². The van der Waals surface area contributed by atoms with E-state index in [1.54, 1.807) is 25.1 Å². The van der Waals surface area contributed by atoms with E-state index in [0.29, 0.717) is 16.8 Å². The number of carbonyl (C=O) groups is 1. The number of aromatic nitrogens is 4. The number of hydrogen-bond acceptors (Lipinski definition) is 6. The Morgan fingerprint density at radius 3 is 2.55 bits per heavy atom. The molecular weight excluding hydrogens is 439 g/mol. The lowest BCUT2D eigenvalue weighted by molar-refractivity contribution is -0.137. The highest BCUT2D eigenvalue weighted by Crippen LogP contribution is 2.33. The Balaban J connectivity index is 1.74. The predicted octanol–water partition coefficient (Wildman–Crippen LogP) is 4.17. The number of carbonyl (C=O) groups excluding carboxylic acids is 1. The minimum atomic E-state index is -4.65. The summed E-state index contributed by atoms with van der Waals surface area (Å²) in [6, 6.07) is 10.8. The predicted molar refractivity (Wildman–Crippen MR) is 112 cm³/mol. The number of halogens is 3. The van der Waals surface area contributed by atoms with Gasteiger partial charge in [0.2, 0.25) is 17.7 Å². The van der Waals surface area contributed by atoms with E-state index in [2.05, 4.69) is 20.6 Å². The molecule has 0 saturated heterocycles. The maximum atomic E-state index is 13.5. The standard InChI is InChI=1S/C22H16F3N5O3/c1-12-7-8-14(21-28-26-11-33-21)10-16(12)27-20(32)19-18(31)9-13(2)30(29-19)17-6-4-3-5-15(17)22(23,24)25/h3-11H,1-2H3,(H,27,32). The first-order valence-electron chi connectivity index (χ1n) is 9.61. The lowest BCUT2D eigenvalue weighted by atomic mass is 10.1. The van der Waals surface area contributed by atoms with Gasteiger partial charge in [-0.3, -0.25) is 9.59 Å². The van der Waals surface area contributed by atoms with Gasteiger partial charge in [0.1, 0.15) is 0 Å². The molecule has 33 heavy (non-hydrogen) atoms. The number of nitrogens with zero attached hydrogens (tertiary/aromatic N) is 4. The average molecular weight is 455 g/mol. The third-order valence-corrected chi connectivity index (χ3v) is 4.85. The molecule has 0 aliphatic rings.